The zero-order valence-corrected chi connectivity index (χ0v) is 6.81. The molecule has 0 unspecified atom stereocenters. The third kappa shape index (κ3) is 1.82. The predicted molar refractivity (Wildman–Crippen MR) is 45.1 cm³/mol. The minimum absolute atomic E-state index is 0.149. The molecule has 1 rings (SSSR count). The first-order valence-corrected chi connectivity index (χ1v) is 3.45. The van der Waals surface area contributed by atoms with Gasteiger partial charge in [-0.15, -0.1) is 0 Å². The highest BCUT2D eigenvalue weighted by Gasteiger charge is 2.22. The van der Waals surface area contributed by atoms with Crippen LogP contribution in [0.5, 0.6) is 0 Å². The normalized spacial score (nSPS) is 11.6. The van der Waals surface area contributed by atoms with E-state index in [2.05, 4.69) is 4.98 Å². The van der Waals surface area contributed by atoms with Crippen molar-refractivity contribution in [3.63, 3.8) is 0 Å². The highest BCUT2D eigenvalue weighted by atomic mass is 19.1. The molecule has 1 N–H and O–H groups in total. The van der Waals surface area contributed by atoms with E-state index >= 15 is 0 Å². The number of hydrogen-bond donors (Lipinski definition) is 1. The molecule has 62 valence electrons. The number of rotatable bonds is 1. The van der Waals surface area contributed by atoms with E-state index in [1.165, 1.54) is 15.7 Å². The second-order valence-corrected chi connectivity index (χ2v) is 3.04. The molecule has 0 radical (unpaired) electrons. The highest BCUT2D eigenvalue weighted by molar-refractivity contribution is 6.38. The first-order valence-electron chi connectivity index (χ1n) is 3.45. The lowest BCUT2D eigenvalue weighted by molar-refractivity contribution is 0.205. The average molecular weight is 169 g/mol. The largest absolute Gasteiger partial charge is 0.402 e. The lowest BCUT2D eigenvalue weighted by Crippen LogP contribution is -2.28. The third-order valence-corrected chi connectivity index (χ3v) is 1.39. The van der Waals surface area contributed by atoms with Crippen LogP contribution in [0.3, 0.4) is 0 Å². The van der Waals surface area contributed by atoms with Crippen LogP contribution in [0.1, 0.15) is 5.69 Å². The molecule has 1 heterocycles. The first-order chi connectivity index (χ1) is 5.41. The fraction of sp³-hybridized carbons (Fsp3) is 0.167. The van der Waals surface area contributed by atoms with Gasteiger partial charge in [-0.3, -0.25) is 4.98 Å². The van der Waals surface area contributed by atoms with Gasteiger partial charge in [0.15, 0.2) is 0 Å². The molecule has 0 aliphatic rings. The number of hydrogen-bond acceptors (Lipinski definition) is 2. The Morgan fingerprint density at radius 3 is 2.42 bits per heavy atom. The molecule has 0 aliphatic heterocycles. The smallest absolute Gasteiger partial charge is 0.148 e. The van der Waals surface area contributed by atoms with Gasteiger partial charge in [0.25, 0.3) is 0 Å². The van der Waals surface area contributed by atoms with Crippen molar-refractivity contribution in [2.24, 2.45) is 0 Å². The highest BCUT2D eigenvalue weighted by Crippen LogP contribution is 2.15. The Hall–Kier alpha value is -0.900. The fourth-order valence-corrected chi connectivity index (χ4v) is 0.865. The summed E-state index contributed by atoms with van der Waals surface area (Å²) in [7, 11) is 2.77. The van der Waals surface area contributed by atoms with Crippen molar-refractivity contribution in [1.82, 2.24) is 4.98 Å². The van der Waals surface area contributed by atoms with Gasteiger partial charge in [-0.2, -0.15) is 0 Å². The van der Waals surface area contributed by atoms with E-state index in [9.17, 15) is 13.9 Å². The zero-order chi connectivity index (χ0) is 9.35. The fourth-order valence-electron chi connectivity index (χ4n) is 0.865. The summed E-state index contributed by atoms with van der Waals surface area (Å²) in [6.07, 6.45) is 0.871. The van der Waals surface area contributed by atoms with Crippen LogP contribution in [-0.4, -0.2) is 25.8 Å². The molecule has 6 heteroatoms. The van der Waals surface area contributed by atoms with E-state index in [4.69, 9.17) is 0 Å². The summed E-state index contributed by atoms with van der Waals surface area (Å²) >= 11 is 0. The van der Waals surface area contributed by atoms with Crippen molar-refractivity contribution in [1.29, 1.82) is 0 Å². The molecule has 0 fully saturated rings. The maximum absolute atomic E-state index is 12.9. The summed E-state index contributed by atoms with van der Waals surface area (Å²) in [4.78, 5) is 3.45. The Kier molecular flexibility index (Phi) is 2.19. The molecule has 0 bridgehead atoms. The Labute approximate surface area is 70.4 Å². The van der Waals surface area contributed by atoms with Gasteiger partial charge in [-0.25, -0.2) is 8.78 Å². The van der Waals surface area contributed by atoms with Gasteiger partial charge in [-0.05, 0) is 0 Å². The van der Waals surface area contributed by atoms with Gasteiger partial charge < -0.3 is 5.11 Å². The van der Waals surface area contributed by atoms with Crippen molar-refractivity contribution in [2.75, 3.05) is 0 Å². The maximum atomic E-state index is 12.9. The Balaban J connectivity index is 3.19. The maximum Gasteiger partial charge on any atom is 0.148 e. The Bertz CT molecular complexity index is 300. The lowest BCUT2D eigenvalue weighted by atomic mass is 9.63. The van der Waals surface area contributed by atoms with Crippen molar-refractivity contribution < 1.29 is 13.9 Å². The first kappa shape index (κ1) is 9.19. The van der Waals surface area contributed by atoms with Crippen LogP contribution in [0.25, 0.3) is 0 Å². The third-order valence-electron chi connectivity index (χ3n) is 1.39. The van der Waals surface area contributed by atoms with Gasteiger partial charge in [0.2, 0.25) is 0 Å². The second kappa shape index (κ2) is 2.86. The van der Waals surface area contributed by atoms with Gasteiger partial charge in [-0.1, -0.05) is 0 Å². The van der Waals surface area contributed by atoms with Crippen LogP contribution in [0.2, 0.25) is 0 Å². The van der Waals surface area contributed by atoms with Crippen molar-refractivity contribution >= 4 is 15.7 Å². The van der Waals surface area contributed by atoms with Gasteiger partial charge in [0, 0.05) is 11.5 Å². The molecule has 0 spiro atoms. The molecule has 0 atom stereocenters. The lowest BCUT2D eigenvalue weighted by Gasteiger charge is -2.16. The molecular formula is C6H7B2F2NO. The van der Waals surface area contributed by atoms with Crippen molar-refractivity contribution in [2.45, 2.75) is 5.40 Å². The molecule has 0 aliphatic carbocycles. The number of halogens is 2. The van der Waals surface area contributed by atoms with Crippen LogP contribution in [0.4, 0.5) is 8.78 Å². The molecule has 0 saturated carbocycles. The molecule has 12 heavy (non-hydrogen) atoms. The van der Waals surface area contributed by atoms with Crippen LogP contribution < -0.4 is 0 Å². The van der Waals surface area contributed by atoms with E-state index in [-0.39, 0.29) is 5.69 Å². The molecule has 1 aromatic rings. The average Bonchev–Trinajstić information content (AvgIpc) is 1.83. The minimum atomic E-state index is -1.38. The standard InChI is InChI=1S/C6H7B2F2NO/c7-6(8,12)5-4(10)1-3(9)2-11-5/h1-2,12H,7-8H2. The number of nitrogens with zero attached hydrogens (tertiary/aromatic N) is 1. The molecule has 0 amide bonds. The van der Waals surface area contributed by atoms with E-state index in [1.54, 1.807) is 0 Å². The van der Waals surface area contributed by atoms with E-state index < -0.39 is 17.0 Å². The molecule has 0 aromatic carbocycles. The van der Waals surface area contributed by atoms with Gasteiger partial charge in [0.05, 0.1) is 11.9 Å². The van der Waals surface area contributed by atoms with Gasteiger partial charge in [0.1, 0.15) is 27.3 Å². The summed E-state index contributed by atoms with van der Waals surface area (Å²) in [6.45, 7) is 0. The molecule has 1 aromatic heterocycles. The predicted octanol–water partition coefficient (Wildman–Crippen LogP) is -1.27. The summed E-state index contributed by atoms with van der Waals surface area (Å²) in [6, 6.07) is 0.695. The van der Waals surface area contributed by atoms with Crippen LogP contribution in [-0.2, 0) is 5.40 Å². The Morgan fingerprint density at radius 2 is 2.00 bits per heavy atom. The summed E-state index contributed by atoms with van der Waals surface area (Å²) < 4.78 is 25.2. The van der Waals surface area contributed by atoms with E-state index in [0.29, 0.717) is 6.07 Å². The quantitative estimate of drug-likeness (QED) is 0.531. The van der Waals surface area contributed by atoms with Crippen molar-refractivity contribution in [3.8, 4) is 0 Å². The SMILES string of the molecule is BC(B)(O)c1ncc(F)cc1F. The summed E-state index contributed by atoms with van der Waals surface area (Å²) in [5.74, 6) is -1.58. The van der Waals surface area contributed by atoms with Crippen LogP contribution >= 0.6 is 0 Å². The monoisotopic (exact) mass is 169 g/mol. The summed E-state index contributed by atoms with van der Waals surface area (Å²) in [5, 5.41) is 7.96. The summed E-state index contributed by atoms with van der Waals surface area (Å²) in [5.41, 5.74) is -0.149. The molecule has 2 nitrogen and oxygen atoms in total. The second-order valence-electron chi connectivity index (χ2n) is 3.04. The number of aromatic nitrogens is 1. The minimum Gasteiger partial charge on any atom is -0.402 e. The topological polar surface area (TPSA) is 33.1 Å². The van der Waals surface area contributed by atoms with Crippen LogP contribution in [0, 0.1) is 11.6 Å². The van der Waals surface area contributed by atoms with Crippen molar-refractivity contribution in [3.05, 3.63) is 29.6 Å². The number of pyridine rings is 1. The Morgan fingerprint density at radius 1 is 1.42 bits per heavy atom. The number of aliphatic hydroxyl groups is 1. The van der Waals surface area contributed by atoms with E-state index in [1.807, 2.05) is 0 Å². The van der Waals surface area contributed by atoms with Crippen LogP contribution in [0.15, 0.2) is 12.3 Å². The molecular weight excluding hydrogens is 162 g/mol. The van der Waals surface area contributed by atoms with Gasteiger partial charge >= 0.3 is 0 Å². The van der Waals surface area contributed by atoms with E-state index in [0.717, 1.165) is 6.20 Å². The zero-order valence-electron chi connectivity index (χ0n) is 6.81. The molecule has 0 saturated heterocycles.